The van der Waals surface area contributed by atoms with Crippen LogP contribution in [0.1, 0.15) is 5.82 Å². The Morgan fingerprint density at radius 1 is 1.50 bits per heavy atom. The number of fused-ring (bicyclic) bond motifs is 1. The molecule has 2 heterocycles. The number of nitrogens with zero attached hydrogens (tertiary/aromatic N) is 2. The molecule has 0 spiro atoms. The highest BCUT2D eigenvalue weighted by molar-refractivity contribution is 4.87. The molecule has 0 radical (unpaired) electrons. The van der Waals surface area contributed by atoms with E-state index in [2.05, 4.69) is 9.97 Å². The smallest absolute Gasteiger partial charge is 0.350 e. The summed E-state index contributed by atoms with van der Waals surface area (Å²) in [5.41, 5.74) is -1.02. The zero-order valence-electron chi connectivity index (χ0n) is 6.24. The van der Waals surface area contributed by atoms with Crippen LogP contribution in [0.3, 0.4) is 0 Å². The second-order valence-electron chi connectivity index (χ2n) is 2.47. The molecule has 12 heavy (non-hydrogen) atoms. The Kier molecular flexibility index (Phi) is 1.54. The number of hydrogen-bond acceptors (Lipinski definition) is 4. The Morgan fingerprint density at radius 3 is 3.17 bits per heavy atom. The molecule has 0 saturated heterocycles. The highest BCUT2D eigenvalue weighted by Gasteiger charge is 2.11. The summed E-state index contributed by atoms with van der Waals surface area (Å²) in [7, 11) is 0. The molecule has 0 aromatic carbocycles. The Morgan fingerprint density at radius 2 is 2.33 bits per heavy atom. The van der Waals surface area contributed by atoms with Gasteiger partial charge < -0.3 is 4.74 Å². The van der Waals surface area contributed by atoms with Crippen molar-refractivity contribution < 1.29 is 4.74 Å². The lowest BCUT2D eigenvalue weighted by molar-refractivity contribution is 0.0767. The molecule has 64 valence electrons. The van der Waals surface area contributed by atoms with Gasteiger partial charge in [-0.2, -0.15) is 4.98 Å². The van der Waals surface area contributed by atoms with Crippen LogP contribution < -0.4 is 11.4 Å². The van der Waals surface area contributed by atoms with Crippen molar-refractivity contribution >= 4 is 0 Å². The van der Waals surface area contributed by atoms with E-state index in [9.17, 15) is 9.59 Å². The van der Waals surface area contributed by atoms with Gasteiger partial charge in [0.25, 0.3) is 0 Å². The van der Waals surface area contributed by atoms with Crippen molar-refractivity contribution in [3.63, 3.8) is 0 Å². The molecular formula is C6H7N3O3. The first-order valence-corrected chi connectivity index (χ1v) is 3.55. The maximum Gasteiger partial charge on any atom is 0.350 e. The molecule has 0 unspecified atom stereocenters. The summed E-state index contributed by atoms with van der Waals surface area (Å²) in [6.07, 6.45) is 0. The largest absolute Gasteiger partial charge is 0.372 e. The molecule has 0 atom stereocenters. The standard InChI is InChI=1S/C6H7N3O3/c10-5-7-4-3-12-2-1-9(4)6(11)8-5/h1-3H2,(H,8,10,11). The summed E-state index contributed by atoms with van der Waals surface area (Å²) >= 11 is 0. The second kappa shape index (κ2) is 2.56. The lowest BCUT2D eigenvalue weighted by Gasteiger charge is -2.15. The fourth-order valence-electron chi connectivity index (χ4n) is 1.14. The quantitative estimate of drug-likeness (QED) is 0.510. The van der Waals surface area contributed by atoms with Crippen LogP contribution in [-0.4, -0.2) is 21.1 Å². The predicted molar refractivity (Wildman–Crippen MR) is 38.8 cm³/mol. The normalized spacial score (nSPS) is 15.7. The monoisotopic (exact) mass is 169 g/mol. The number of hydrogen-bond donors (Lipinski definition) is 1. The van der Waals surface area contributed by atoms with Crippen LogP contribution in [0.5, 0.6) is 0 Å². The van der Waals surface area contributed by atoms with Crippen molar-refractivity contribution in [1.82, 2.24) is 14.5 Å². The maximum atomic E-state index is 11.1. The van der Waals surface area contributed by atoms with Crippen molar-refractivity contribution in [1.29, 1.82) is 0 Å². The molecule has 1 aliphatic rings. The molecule has 0 bridgehead atoms. The van der Waals surface area contributed by atoms with E-state index in [-0.39, 0.29) is 6.61 Å². The number of rotatable bonds is 0. The van der Waals surface area contributed by atoms with Crippen molar-refractivity contribution in [3.8, 4) is 0 Å². The molecule has 0 aliphatic carbocycles. The van der Waals surface area contributed by atoms with E-state index in [1.807, 2.05) is 0 Å². The Bertz CT molecular complexity index is 405. The summed E-state index contributed by atoms with van der Waals surface area (Å²) in [5, 5.41) is 0. The predicted octanol–water partition coefficient (Wildman–Crippen LogP) is -1.54. The first-order valence-electron chi connectivity index (χ1n) is 3.55. The SMILES string of the molecule is O=c1nc2n(c(=O)[nH]1)CCOC2. The maximum absolute atomic E-state index is 11.1. The van der Waals surface area contributed by atoms with E-state index in [1.165, 1.54) is 4.57 Å². The Labute approximate surface area is 66.8 Å². The summed E-state index contributed by atoms with van der Waals surface area (Å²) in [5.74, 6) is 0.398. The summed E-state index contributed by atoms with van der Waals surface area (Å²) in [4.78, 5) is 27.5. The van der Waals surface area contributed by atoms with Crippen molar-refractivity contribution in [2.45, 2.75) is 13.2 Å². The minimum absolute atomic E-state index is 0.235. The Balaban J connectivity index is 2.68. The van der Waals surface area contributed by atoms with Gasteiger partial charge in [-0.3, -0.25) is 9.55 Å². The molecule has 0 amide bonds. The zero-order chi connectivity index (χ0) is 8.55. The van der Waals surface area contributed by atoms with E-state index in [4.69, 9.17) is 4.74 Å². The van der Waals surface area contributed by atoms with Gasteiger partial charge in [0.1, 0.15) is 12.4 Å². The minimum atomic E-state index is -0.614. The third kappa shape index (κ3) is 1.06. The van der Waals surface area contributed by atoms with E-state index in [1.54, 1.807) is 0 Å². The third-order valence-corrected chi connectivity index (χ3v) is 1.69. The summed E-state index contributed by atoms with van der Waals surface area (Å²) in [6, 6.07) is 0. The van der Waals surface area contributed by atoms with Crippen molar-refractivity contribution in [3.05, 3.63) is 26.8 Å². The van der Waals surface area contributed by atoms with Crippen LogP contribution in [0.4, 0.5) is 0 Å². The zero-order valence-corrected chi connectivity index (χ0v) is 6.24. The fourth-order valence-corrected chi connectivity index (χ4v) is 1.14. The number of nitrogens with one attached hydrogen (secondary N) is 1. The van der Waals surface area contributed by atoms with Gasteiger partial charge in [-0.05, 0) is 0 Å². The topological polar surface area (TPSA) is 77.0 Å². The number of H-pyrrole nitrogens is 1. The minimum Gasteiger partial charge on any atom is -0.372 e. The van der Waals surface area contributed by atoms with E-state index < -0.39 is 11.4 Å². The van der Waals surface area contributed by atoms with Gasteiger partial charge in [0.05, 0.1) is 13.2 Å². The van der Waals surface area contributed by atoms with Crippen molar-refractivity contribution in [2.24, 2.45) is 0 Å². The number of aromatic amines is 1. The molecule has 2 rings (SSSR count). The fraction of sp³-hybridized carbons (Fsp3) is 0.500. The first kappa shape index (κ1) is 7.23. The third-order valence-electron chi connectivity index (χ3n) is 1.69. The molecular weight excluding hydrogens is 162 g/mol. The van der Waals surface area contributed by atoms with Crippen LogP contribution in [0.2, 0.25) is 0 Å². The number of ether oxygens (including phenoxy) is 1. The van der Waals surface area contributed by atoms with Gasteiger partial charge in [0, 0.05) is 0 Å². The van der Waals surface area contributed by atoms with E-state index >= 15 is 0 Å². The number of aromatic nitrogens is 3. The van der Waals surface area contributed by atoms with Gasteiger partial charge in [-0.25, -0.2) is 9.59 Å². The Hall–Kier alpha value is -1.43. The van der Waals surface area contributed by atoms with E-state index in [0.29, 0.717) is 19.0 Å². The molecule has 1 aromatic rings. The van der Waals surface area contributed by atoms with Crippen LogP contribution in [0, 0.1) is 0 Å². The van der Waals surface area contributed by atoms with Gasteiger partial charge in [0.2, 0.25) is 0 Å². The molecule has 1 N–H and O–H groups in total. The van der Waals surface area contributed by atoms with Gasteiger partial charge in [-0.1, -0.05) is 0 Å². The lowest BCUT2D eigenvalue weighted by Crippen LogP contribution is -2.38. The van der Waals surface area contributed by atoms with Crippen LogP contribution in [-0.2, 0) is 17.9 Å². The second-order valence-corrected chi connectivity index (χ2v) is 2.47. The van der Waals surface area contributed by atoms with Crippen molar-refractivity contribution in [2.75, 3.05) is 6.61 Å². The first-order chi connectivity index (χ1) is 5.77. The molecule has 6 heteroatoms. The van der Waals surface area contributed by atoms with Gasteiger partial charge in [-0.15, -0.1) is 0 Å². The summed E-state index contributed by atoms with van der Waals surface area (Å²) < 4.78 is 6.44. The average molecular weight is 169 g/mol. The molecule has 6 nitrogen and oxygen atoms in total. The van der Waals surface area contributed by atoms with Crippen LogP contribution in [0.15, 0.2) is 9.59 Å². The van der Waals surface area contributed by atoms with Gasteiger partial charge >= 0.3 is 11.4 Å². The summed E-state index contributed by atoms with van der Waals surface area (Å²) in [6.45, 7) is 1.18. The molecule has 0 fully saturated rings. The molecule has 0 saturated carbocycles. The van der Waals surface area contributed by atoms with Crippen LogP contribution in [0.25, 0.3) is 0 Å². The highest BCUT2D eigenvalue weighted by atomic mass is 16.5. The van der Waals surface area contributed by atoms with E-state index in [0.717, 1.165) is 0 Å². The average Bonchev–Trinajstić information content (AvgIpc) is 2.04. The van der Waals surface area contributed by atoms with Gasteiger partial charge in [0.15, 0.2) is 0 Å². The lowest BCUT2D eigenvalue weighted by atomic mass is 10.5. The molecule has 1 aromatic heterocycles. The van der Waals surface area contributed by atoms with Crippen LogP contribution >= 0.6 is 0 Å². The molecule has 1 aliphatic heterocycles. The highest BCUT2D eigenvalue weighted by Crippen LogP contribution is 1.98.